The first-order valence-corrected chi connectivity index (χ1v) is 5.07. The van der Waals surface area contributed by atoms with Crippen LogP contribution >= 0.6 is 0 Å². The van der Waals surface area contributed by atoms with Gasteiger partial charge in [0.05, 0.1) is 5.56 Å². The average Bonchev–Trinajstić information content (AvgIpc) is 2.25. The Morgan fingerprint density at radius 2 is 2.12 bits per heavy atom. The second-order valence-corrected chi connectivity index (χ2v) is 4.58. The normalized spacial score (nSPS) is 10.7. The van der Waals surface area contributed by atoms with E-state index in [0.717, 1.165) is 0 Å². The van der Waals surface area contributed by atoms with E-state index < -0.39 is 0 Å². The molecule has 1 aromatic heterocycles. The molecule has 0 spiro atoms. The molecular weight excluding hydrogens is 200 g/mol. The Balaban J connectivity index is 3.12. The third kappa shape index (κ3) is 2.40. The van der Waals surface area contributed by atoms with E-state index in [1.54, 1.807) is 30.3 Å². The fourth-order valence-corrected chi connectivity index (χ4v) is 1.16. The summed E-state index contributed by atoms with van der Waals surface area (Å²) in [7, 11) is 1.75. The number of rotatable bonds is 1. The van der Waals surface area contributed by atoms with Crippen molar-refractivity contribution >= 4 is 5.91 Å². The molecule has 0 aliphatic heterocycles. The molecule has 1 rings (SSSR count). The second-order valence-electron chi connectivity index (χ2n) is 4.58. The van der Waals surface area contributed by atoms with Crippen LogP contribution in [0.1, 0.15) is 36.8 Å². The number of nitrogens with zero attached hydrogens (tertiary/aromatic N) is 2. The van der Waals surface area contributed by atoms with Gasteiger partial charge in [-0.2, -0.15) is 0 Å². The van der Waals surface area contributed by atoms with Crippen molar-refractivity contribution in [1.82, 2.24) is 9.88 Å². The van der Waals surface area contributed by atoms with Gasteiger partial charge < -0.3 is 4.90 Å². The molecule has 3 heteroatoms. The summed E-state index contributed by atoms with van der Waals surface area (Å²) in [4.78, 5) is 17.8. The van der Waals surface area contributed by atoms with Crippen molar-refractivity contribution in [2.24, 2.45) is 0 Å². The van der Waals surface area contributed by atoms with Crippen LogP contribution in [0.3, 0.4) is 0 Å². The van der Waals surface area contributed by atoms with E-state index in [0.29, 0.717) is 11.3 Å². The molecule has 0 aliphatic rings. The molecule has 84 valence electrons. The van der Waals surface area contributed by atoms with Crippen molar-refractivity contribution in [2.45, 2.75) is 26.3 Å². The number of terminal acetylenes is 1. The molecular formula is C13H16N2O. The highest BCUT2D eigenvalue weighted by atomic mass is 16.2. The van der Waals surface area contributed by atoms with Crippen molar-refractivity contribution in [1.29, 1.82) is 0 Å². The topological polar surface area (TPSA) is 33.2 Å². The molecule has 0 aliphatic carbocycles. The van der Waals surface area contributed by atoms with Gasteiger partial charge in [0.25, 0.3) is 5.91 Å². The summed E-state index contributed by atoms with van der Waals surface area (Å²) in [6.07, 6.45) is 6.91. The molecule has 0 atom stereocenters. The van der Waals surface area contributed by atoms with Crippen LogP contribution in [0.15, 0.2) is 18.3 Å². The lowest BCUT2D eigenvalue weighted by atomic mass is 10.1. The number of amides is 1. The highest BCUT2D eigenvalue weighted by Crippen LogP contribution is 2.15. The van der Waals surface area contributed by atoms with Gasteiger partial charge in [0.1, 0.15) is 5.69 Å². The van der Waals surface area contributed by atoms with Crippen LogP contribution in [-0.4, -0.2) is 28.4 Å². The minimum Gasteiger partial charge on any atom is -0.335 e. The third-order valence-corrected chi connectivity index (χ3v) is 2.48. The number of pyridine rings is 1. The minimum atomic E-state index is -0.250. The summed E-state index contributed by atoms with van der Waals surface area (Å²) >= 11 is 0. The monoisotopic (exact) mass is 216 g/mol. The van der Waals surface area contributed by atoms with E-state index in [2.05, 4.69) is 10.9 Å². The lowest BCUT2D eigenvalue weighted by molar-refractivity contribution is 0.0649. The molecule has 0 aromatic carbocycles. The number of hydrogen-bond donors (Lipinski definition) is 0. The van der Waals surface area contributed by atoms with E-state index >= 15 is 0 Å². The molecule has 0 fully saturated rings. The average molecular weight is 216 g/mol. The Labute approximate surface area is 96.5 Å². The standard InChI is InChI=1S/C13H16N2O/c1-6-10-8-7-9-14-11(10)12(16)15(5)13(2,3)4/h1,7-9H,2-5H3. The second kappa shape index (κ2) is 4.36. The highest BCUT2D eigenvalue weighted by Gasteiger charge is 2.25. The van der Waals surface area contributed by atoms with E-state index in [1.807, 2.05) is 20.8 Å². The molecule has 1 aromatic rings. The summed E-state index contributed by atoms with van der Waals surface area (Å²) in [5.41, 5.74) is 0.617. The Kier molecular flexibility index (Phi) is 3.34. The molecule has 0 saturated heterocycles. The summed E-state index contributed by atoms with van der Waals surface area (Å²) in [5.74, 6) is 2.32. The fourth-order valence-electron chi connectivity index (χ4n) is 1.16. The van der Waals surface area contributed by atoms with E-state index in [-0.39, 0.29) is 11.4 Å². The first-order valence-electron chi connectivity index (χ1n) is 5.07. The zero-order valence-corrected chi connectivity index (χ0v) is 10.1. The Morgan fingerprint density at radius 3 is 2.62 bits per heavy atom. The van der Waals surface area contributed by atoms with Gasteiger partial charge in [-0.05, 0) is 32.9 Å². The van der Waals surface area contributed by atoms with Crippen LogP contribution in [0.4, 0.5) is 0 Å². The molecule has 0 saturated carbocycles. The lowest BCUT2D eigenvalue weighted by Crippen LogP contribution is -2.43. The molecule has 3 nitrogen and oxygen atoms in total. The van der Waals surface area contributed by atoms with Gasteiger partial charge >= 0.3 is 0 Å². The van der Waals surface area contributed by atoms with E-state index in [9.17, 15) is 4.79 Å². The third-order valence-electron chi connectivity index (χ3n) is 2.48. The van der Waals surface area contributed by atoms with Crippen molar-refractivity contribution < 1.29 is 4.79 Å². The number of aromatic nitrogens is 1. The van der Waals surface area contributed by atoms with Crippen LogP contribution in [0.5, 0.6) is 0 Å². The molecule has 16 heavy (non-hydrogen) atoms. The predicted octanol–water partition coefficient (Wildman–Crippen LogP) is 1.93. The SMILES string of the molecule is C#Cc1cccnc1C(=O)N(C)C(C)(C)C. The smallest absolute Gasteiger partial charge is 0.273 e. The molecule has 1 heterocycles. The van der Waals surface area contributed by atoms with Crippen LogP contribution in [0.2, 0.25) is 0 Å². The first kappa shape index (κ1) is 12.3. The van der Waals surface area contributed by atoms with Crippen molar-refractivity contribution in [2.75, 3.05) is 7.05 Å². The van der Waals surface area contributed by atoms with Gasteiger partial charge in [-0.15, -0.1) is 6.42 Å². The van der Waals surface area contributed by atoms with Crippen LogP contribution in [-0.2, 0) is 0 Å². The zero-order chi connectivity index (χ0) is 12.3. The van der Waals surface area contributed by atoms with E-state index in [4.69, 9.17) is 6.42 Å². The molecule has 0 unspecified atom stereocenters. The summed E-state index contributed by atoms with van der Waals surface area (Å²) < 4.78 is 0. The maximum absolute atomic E-state index is 12.1. The minimum absolute atomic E-state index is 0.152. The summed E-state index contributed by atoms with van der Waals surface area (Å²) in [6.45, 7) is 5.89. The number of carbonyl (C=O) groups is 1. The first-order chi connectivity index (χ1) is 7.38. The zero-order valence-electron chi connectivity index (χ0n) is 10.1. The summed E-state index contributed by atoms with van der Waals surface area (Å²) in [6, 6.07) is 3.44. The van der Waals surface area contributed by atoms with Crippen LogP contribution < -0.4 is 0 Å². The fraction of sp³-hybridized carbons (Fsp3) is 0.385. The van der Waals surface area contributed by atoms with Gasteiger partial charge in [0, 0.05) is 18.8 Å². The Morgan fingerprint density at radius 1 is 1.50 bits per heavy atom. The van der Waals surface area contributed by atoms with Crippen LogP contribution in [0, 0.1) is 12.3 Å². The highest BCUT2D eigenvalue weighted by molar-refractivity contribution is 5.95. The maximum atomic E-state index is 12.1. The Bertz CT molecular complexity index is 438. The maximum Gasteiger partial charge on any atom is 0.273 e. The van der Waals surface area contributed by atoms with Crippen molar-refractivity contribution in [3.8, 4) is 12.3 Å². The molecule has 0 bridgehead atoms. The molecule has 0 N–H and O–H groups in total. The quantitative estimate of drug-likeness (QED) is 0.672. The van der Waals surface area contributed by atoms with E-state index in [1.165, 1.54) is 0 Å². The largest absolute Gasteiger partial charge is 0.335 e. The van der Waals surface area contributed by atoms with Gasteiger partial charge in [0.2, 0.25) is 0 Å². The van der Waals surface area contributed by atoms with Gasteiger partial charge in [0.15, 0.2) is 0 Å². The van der Waals surface area contributed by atoms with Gasteiger partial charge in [-0.3, -0.25) is 4.79 Å². The van der Waals surface area contributed by atoms with Gasteiger partial charge in [-0.1, -0.05) is 5.92 Å². The number of carbonyl (C=O) groups excluding carboxylic acids is 1. The summed E-state index contributed by atoms with van der Waals surface area (Å²) in [5, 5.41) is 0. The van der Waals surface area contributed by atoms with Gasteiger partial charge in [-0.25, -0.2) is 4.98 Å². The van der Waals surface area contributed by atoms with Crippen molar-refractivity contribution in [3.63, 3.8) is 0 Å². The predicted molar refractivity (Wildman–Crippen MR) is 64.0 cm³/mol. The van der Waals surface area contributed by atoms with Crippen LogP contribution in [0.25, 0.3) is 0 Å². The molecule has 1 amide bonds. The Hall–Kier alpha value is -1.82. The number of hydrogen-bond acceptors (Lipinski definition) is 2. The molecule has 0 radical (unpaired) electrons. The lowest BCUT2D eigenvalue weighted by Gasteiger charge is -2.31. The van der Waals surface area contributed by atoms with Crippen molar-refractivity contribution in [3.05, 3.63) is 29.6 Å².